The lowest BCUT2D eigenvalue weighted by Gasteiger charge is -2.13. The van der Waals surface area contributed by atoms with E-state index in [0.29, 0.717) is 5.92 Å². The van der Waals surface area contributed by atoms with Crippen molar-refractivity contribution in [3.63, 3.8) is 0 Å². The zero-order valence-electron chi connectivity index (χ0n) is 9.69. The van der Waals surface area contributed by atoms with E-state index in [4.69, 9.17) is 10.5 Å². The highest BCUT2D eigenvalue weighted by Crippen LogP contribution is 2.13. The summed E-state index contributed by atoms with van der Waals surface area (Å²) in [7, 11) is 1.71. The predicted octanol–water partition coefficient (Wildman–Crippen LogP) is 1.86. The molecule has 1 aromatic rings. The van der Waals surface area contributed by atoms with Gasteiger partial charge in [0, 0.05) is 31.4 Å². The lowest BCUT2D eigenvalue weighted by molar-refractivity contribution is 0.202. The molecule has 0 aliphatic heterocycles. The number of ether oxygens (including phenoxy) is 1. The first-order chi connectivity index (χ1) is 7.13. The van der Waals surface area contributed by atoms with Crippen molar-refractivity contribution in [2.24, 2.45) is 11.7 Å². The zero-order chi connectivity index (χ0) is 11.3. The van der Waals surface area contributed by atoms with Crippen molar-refractivity contribution in [3.05, 3.63) is 16.1 Å². The summed E-state index contributed by atoms with van der Waals surface area (Å²) in [6.45, 7) is 5.02. The first kappa shape index (κ1) is 12.6. The molecule has 1 atom stereocenters. The maximum Gasteiger partial charge on any atom is 0.0951 e. The molecule has 1 heterocycles. The van der Waals surface area contributed by atoms with Gasteiger partial charge in [0.15, 0.2) is 0 Å². The smallest absolute Gasteiger partial charge is 0.0951 e. The van der Waals surface area contributed by atoms with Crippen molar-refractivity contribution in [2.45, 2.75) is 32.7 Å². The van der Waals surface area contributed by atoms with Crippen LogP contribution in [0.15, 0.2) is 5.38 Å². The molecule has 0 saturated carbocycles. The van der Waals surface area contributed by atoms with E-state index in [1.807, 2.05) is 0 Å². The number of nitrogens with two attached hydrogens (primary N) is 1. The third-order valence-electron chi connectivity index (χ3n) is 2.42. The summed E-state index contributed by atoms with van der Waals surface area (Å²) in [5.41, 5.74) is 7.12. The second-order valence-electron chi connectivity index (χ2n) is 4.09. The Hall–Kier alpha value is -0.450. The Labute approximate surface area is 95.7 Å². The molecule has 1 rings (SSSR count). The van der Waals surface area contributed by atoms with E-state index in [1.165, 1.54) is 0 Å². The molecule has 0 bridgehead atoms. The lowest BCUT2D eigenvalue weighted by atomic mass is 10.0. The monoisotopic (exact) mass is 228 g/mol. The number of hydrogen-bond donors (Lipinski definition) is 1. The Morgan fingerprint density at radius 1 is 1.53 bits per heavy atom. The van der Waals surface area contributed by atoms with Crippen molar-refractivity contribution in [2.75, 3.05) is 13.7 Å². The van der Waals surface area contributed by atoms with Crippen LogP contribution in [0, 0.1) is 5.92 Å². The Morgan fingerprint density at radius 2 is 2.27 bits per heavy atom. The first-order valence-electron chi connectivity index (χ1n) is 5.31. The van der Waals surface area contributed by atoms with E-state index >= 15 is 0 Å². The molecule has 4 heteroatoms. The van der Waals surface area contributed by atoms with Gasteiger partial charge in [0.2, 0.25) is 0 Å². The number of nitrogens with zero attached hydrogens (tertiary/aromatic N) is 1. The average Bonchev–Trinajstić information content (AvgIpc) is 2.62. The van der Waals surface area contributed by atoms with Gasteiger partial charge in [-0.25, -0.2) is 4.98 Å². The minimum atomic E-state index is 0.211. The third-order valence-corrected chi connectivity index (χ3v) is 3.38. The summed E-state index contributed by atoms with van der Waals surface area (Å²) in [6, 6.07) is 0.211. The topological polar surface area (TPSA) is 48.1 Å². The number of hydrogen-bond acceptors (Lipinski definition) is 4. The van der Waals surface area contributed by atoms with Crippen molar-refractivity contribution in [3.8, 4) is 0 Å². The molecule has 1 aromatic heterocycles. The summed E-state index contributed by atoms with van der Waals surface area (Å²) < 4.78 is 5.02. The number of thiazole rings is 1. The molecule has 0 aliphatic rings. The highest BCUT2D eigenvalue weighted by atomic mass is 32.1. The van der Waals surface area contributed by atoms with Gasteiger partial charge in [0.05, 0.1) is 17.3 Å². The number of aromatic nitrogens is 1. The molecule has 0 saturated heterocycles. The number of methoxy groups -OCH3 is 1. The summed E-state index contributed by atoms with van der Waals surface area (Å²) in [5, 5.41) is 3.25. The molecule has 0 radical (unpaired) electrons. The summed E-state index contributed by atoms with van der Waals surface area (Å²) in [6.07, 6.45) is 1.78. The minimum Gasteiger partial charge on any atom is -0.384 e. The van der Waals surface area contributed by atoms with Gasteiger partial charge in [-0.1, -0.05) is 13.8 Å². The molecule has 0 amide bonds. The fourth-order valence-corrected chi connectivity index (χ4v) is 2.02. The van der Waals surface area contributed by atoms with Gasteiger partial charge in [-0.15, -0.1) is 11.3 Å². The van der Waals surface area contributed by atoms with Gasteiger partial charge in [-0.2, -0.15) is 0 Å². The SMILES string of the molecule is COCCc1nc(CC(N)C(C)C)cs1. The predicted molar refractivity (Wildman–Crippen MR) is 64.2 cm³/mol. The summed E-state index contributed by atoms with van der Waals surface area (Å²) in [5.74, 6) is 0.508. The molecular formula is C11H20N2OS. The van der Waals surface area contributed by atoms with Crippen LogP contribution in [0.1, 0.15) is 24.5 Å². The second kappa shape index (κ2) is 6.20. The third kappa shape index (κ3) is 4.28. The maximum atomic E-state index is 6.00. The van der Waals surface area contributed by atoms with Crippen molar-refractivity contribution >= 4 is 11.3 Å². The quantitative estimate of drug-likeness (QED) is 0.808. The Kier molecular flexibility index (Phi) is 5.22. The van der Waals surface area contributed by atoms with Crippen molar-refractivity contribution in [1.82, 2.24) is 4.98 Å². The Morgan fingerprint density at radius 3 is 2.87 bits per heavy atom. The molecule has 15 heavy (non-hydrogen) atoms. The van der Waals surface area contributed by atoms with E-state index in [-0.39, 0.29) is 6.04 Å². The summed E-state index contributed by atoms with van der Waals surface area (Å²) in [4.78, 5) is 4.53. The molecule has 0 aliphatic carbocycles. The zero-order valence-corrected chi connectivity index (χ0v) is 10.5. The van der Waals surface area contributed by atoms with Gasteiger partial charge in [0.25, 0.3) is 0 Å². The maximum absolute atomic E-state index is 6.00. The van der Waals surface area contributed by atoms with Gasteiger partial charge in [-0.05, 0) is 5.92 Å². The van der Waals surface area contributed by atoms with E-state index in [9.17, 15) is 0 Å². The van der Waals surface area contributed by atoms with Crippen LogP contribution in [0.5, 0.6) is 0 Å². The molecule has 86 valence electrons. The Balaban J connectivity index is 2.45. The fraction of sp³-hybridized carbons (Fsp3) is 0.727. The van der Waals surface area contributed by atoms with E-state index in [0.717, 1.165) is 30.2 Å². The van der Waals surface area contributed by atoms with Gasteiger partial charge < -0.3 is 10.5 Å². The molecule has 0 fully saturated rings. The first-order valence-corrected chi connectivity index (χ1v) is 6.19. The molecule has 2 N–H and O–H groups in total. The average molecular weight is 228 g/mol. The molecular weight excluding hydrogens is 208 g/mol. The van der Waals surface area contributed by atoms with Crippen molar-refractivity contribution in [1.29, 1.82) is 0 Å². The minimum absolute atomic E-state index is 0.211. The van der Waals surface area contributed by atoms with Crippen molar-refractivity contribution < 1.29 is 4.74 Å². The van der Waals surface area contributed by atoms with Crippen LogP contribution in [-0.2, 0) is 17.6 Å². The normalized spacial score (nSPS) is 13.4. The highest BCUT2D eigenvalue weighted by molar-refractivity contribution is 7.09. The highest BCUT2D eigenvalue weighted by Gasteiger charge is 2.10. The van der Waals surface area contributed by atoms with Crippen LogP contribution >= 0.6 is 11.3 Å². The van der Waals surface area contributed by atoms with Gasteiger partial charge >= 0.3 is 0 Å². The lowest BCUT2D eigenvalue weighted by Crippen LogP contribution is -2.28. The van der Waals surface area contributed by atoms with Crippen LogP contribution in [-0.4, -0.2) is 24.7 Å². The van der Waals surface area contributed by atoms with Crippen LogP contribution in [0.4, 0.5) is 0 Å². The van der Waals surface area contributed by atoms with E-state index < -0.39 is 0 Å². The van der Waals surface area contributed by atoms with Gasteiger partial charge in [-0.3, -0.25) is 0 Å². The fourth-order valence-electron chi connectivity index (χ4n) is 1.22. The van der Waals surface area contributed by atoms with E-state index in [1.54, 1.807) is 18.4 Å². The van der Waals surface area contributed by atoms with Crippen LogP contribution < -0.4 is 5.73 Å². The molecule has 0 aromatic carbocycles. The van der Waals surface area contributed by atoms with Crippen LogP contribution in [0.25, 0.3) is 0 Å². The van der Waals surface area contributed by atoms with Crippen LogP contribution in [0.2, 0.25) is 0 Å². The Bertz CT molecular complexity index is 286. The van der Waals surface area contributed by atoms with E-state index in [2.05, 4.69) is 24.2 Å². The number of rotatable bonds is 6. The van der Waals surface area contributed by atoms with Gasteiger partial charge in [0.1, 0.15) is 0 Å². The molecule has 1 unspecified atom stereocenters. The van der Waals surface area contributed by atoms with Crippen LogP contribution in [0.3, 0.4) is 0 Å². The summed E-state index contributed by atoms with van der Waals surface area (Å²) >= 11 is 1.70. The molecule has 3 nitrogen and oxygen atoms in total. The largest absolute Gasteiger partial charge is 0.384 e. The standard InChI is InChI=1S/C11H20N2OS/c1-8(2)10(12)6-9-7-15-11(13-9)4-5-14-3/h7-8,10H,4-6,12H2,1-3H3. The molecule has 0 spiro atoms. The second-order valence-corrected chi connectivity index (χ2v) is 5.03.